The van der Waals surface area contributed by atoms with Gasteiger partial charge in [0.25, 0.3) is 0 Å². The Morgan fingerprint density at radius 2 is 2.15 bits per heavy atom. The number of carbonyl (C=O) groups is 1. The van der Waals surface area contributed by atoms with Crippen LogP contribution < -0.4 is 0 Å². The number of nitrogens with zero attached hydrogens (tertiary/aromatic N) is 1. The molecule has 0 unspecified atom stereocenters. The summed E-state index contributed by atoms with van der Waals surface area (Å²) < 4.78 is 0. The Kier molecular flexibility index (Phi) is 3.72. The predicted molar refractivity (Wildman–Crippen MR) is 51.7 cm³/mol. The maximum absolute atomic E-state index is 10.5. The van der Waals surface area contributed by atoms with E-state index in [4.69, 9.17) is 5.11 Å². The molecule has 1 rings (SSSR count). The lowest BCUT2D eigenvalue weighted by Gasteiger charge is -2.20. The summed E-state index contributed by atoms with van der Waals surface area (Å²) in [6, 6.07) is 0.565. The first-order valence-corrected chi connectivity index (χ1v) is 5.05. The van der Waals surface area contributed by atoms with E-state index in [1.807, 2.05) is 0 Å². The van der Waals surface area contributed by atoms with Crippen molar-refractivity contribution >= 4 is 5.97 Å². The van der Waals surface area contributed by atoms with Crippen molar-refractivity contribution in [3.05, 3.63) is 0 Å². The third-order valence-corrected chi connectivity index (χ3v) is 2.40. The summed E-state index contributed by atoms with van der Waals surface area (Å²) >= 11 is 0. The van der Waals surface area contributed by atoms with Gasteiger partial charge in [-0.3, -0.25) is 9.69 Å². The molecular weight excluding hydrogens is 166 g/mol. The fraction of sp³-hybridized carbons (Fsp3) is 0.900. The molecule has 0 bridgehead atoms. The van der Waals surface area contributed by atoms with Gasteiger partial charge in [-0.25, -0.2) is 0 Å². The standard InChI is InChI=1S/C10H19NO2/c1-8(2)5-6-11(7-10(12)13)9-3-4-9/h8-9H,3-7H2,1-2H3,(H,12,13). The van der Waals surface area contributed by atoms with Crippen LogP contribution in [-0.4, -0.2) is 35.1 Å². The Balaban J connectivity index is 2.25. The molecule has 3 heteroatoms. The van der Waals surface area contributed by atoms with Gasteiger partial charge in [0.1, 0.15) is 0 Å². The highest BCUT2D eigenvalue weighted by Gasteiger charge is 2.29. The lowest BCUT2D eigenvalue weighted by Crippen LogP contribution is -2.33. The van der Waals surface area contributed by atoms with Crippen LogP contribution in [0.5, 0.6) is 0 Å². The Morgan fingerprint density at radius 1 is 1.54 bits per heavy atom. The molecule has 0 aromatic heterocycles. The van der Waals surface area contributed by atoms with Crippen LogP contribution in [0.15, 0.2) is 0 Å². The van der Waals surface area contributed by atoms with Crippen LogP contribution in [0.2, 0.25) is 0 Å². The van der Waals surface area contributed by atoms with Crippen molar-refractivity contribution < 1.29 is 9.90 Å². The van der Waals surface area contributed by atoms with Crippen molar-refractivity contribution in [1.29, 1.82) is 0 Å². The monoisotopic (exact) mass is 185 g/mol. The Bertz CT molecular complexity index is 176. The van der Waals surface area contributed by atoms with E-state index < -0.39 is 5.97 Å². The SMILES string of the molecule is CC(C)CCN(CC(=O)O)C1CC1. The highest BCUT2D eigenvalue weighted by Crippen LogP contribution is 2.26. The van der Waals surface area contributed by atoms with Crippen LogP contribution in [0.4, 0.5) is 0 Å². The van der Waals surface area contributed by atoms with Crippen molar-refractivity contribution in [2.75, 3.05) is 13.1 Å². The van der Waals surface area contributed by atoms with Crippen LogP contribution in [0, 0.1) is 5.92 Å². The topological polar surface area (TPSA) is 40.5 Å². The van der Waals surface area contributed by atoms with Crippen LogP contribution >= 0.6 is 0 Å². The lowest BCUT2D eigenvalue weighted by molar-refractivity contribution is -0.138. The van der Waals surface area contributed by atoms with Crippen molar-refractivity contribution in [2.45, 2.75) is 39.2 Å². The largest absolute Gasteiger partial charge is 0.480 e. The fourth-order valence-corrected chi connectivity index (χ4v) is 1.43. The van der Waals surface area contributed by atoms with Gasteiger partial charge in [0.15, 0.2) is 0 Å². The molecule has 0 aliphatic heterocycles. The summed E-state index contributed by atoms with van der Waals surface area (Å²) in [5.74, 6) is -0.0364. The summed E-state index contributed by atoms with van der Waals surface area (Å²) in [4.78, 5) is 12.6. The molecule has 1 N–H and O–H groups in total. The first-order valence-electron chi connectivity index (χ1n) is 5.05. The van der Waals surface area contributed by atoms with Crippen molar-refractivity contribution in [2.24, 2.45) is 5.92 Å². The molecule has 0 amide bonds. The minimum Gasteiger partial charge on any atom is -0.480 e. The number of carboxylic acid groups (broad SMARTS) is 1. The number of hydrogen-bond donors (Lipinski definition) is 1. The number of hydrogen-bond acceptors (Lipinski definition) is 2. The zero-order valence-electron chi connectivity index (χ0n) is 8.49. The summed E-state index contributed by atoms with van der Waals surface area (Å²) in [5.41, 5.74) is 0. The van der Waals surface area contributed by atoms with Gasteiger partial charge in [-0.05, 0) is 31.7 Å². The van der Waals surface area contributed by atoms with Gasteiger partial charge < -0.3 is 5.11 Å². The highest BCUT2D eigenvalue weighted by molar-refractivity contribution is 5.69. The minimum atomic E-state index is -0.698. The normalized spacial score (nSPS) is 16.9. The quantitative estimate of drug-likeness (QED) is 0.683. The Hall–Kier alpha value is -0.570. The predicted octanol–water partition coefficient (Wildman–Crippen LogP) is 1.58. The molecule has 1 fully saturated rings. The summed E-state index contributed by atoms with van der Waals surface area (Å²) in [6.45, 7) is 5.50. The molecule has 0 heterocycles. The zero-order valence-corrected chi connectivity index (χ0v) is 8.49. The molecule has 3 nitrogen and oxygen atoms in total. The maximum atomic E-state index is 10.5. The Morgan fingerprint density at radius 3 is 2.54 bits per heavy atom. The third kappa shape index (κ3) is 4.27. The average molecular weight is 185 g/mol. The number of aliphatic carboxylic acids is 1. The van der Waals surface area contributed by atoms with Gasteiger partial charge >= 0.3 is 5.97 Å². The van der Waals surface area contributed by atoms with Crippen molar-refractivity contribution in [3.8, 4) is 0 Å². The van der Waals surface area contributed by atoms with Crippen LogP contribution in [0.3, 0.4) is 0 Å². The van der Waals surface area contributed by atoms with Gasteiger partial charge in [0, 0.05) is 6.04 Å². The van der Waals surface area contributed by atoms with E-state index in [0.29, 0.717) is 12.0 Å². The fourth-order valence-electron chi connectivity index (χ4n) is 1.43. The molecule has 1 aliphatic rings. The summed E-state index contributed by atoms with van der Waals surface area (Å²) in [6.07, 6.45) is 3.47. The molecule has 0 aromatic rings. The Labute approximate surface area is 79.7 Å². The van der Waals surface area contributed by atoms with Gasteiger partial charge in [-0.1, -0.05) is 13.8 Å². The van der Waals surface area contributed by atoms with E-state index in [1.165, 1.54) is 12.8 Å². The third-order valence-electron chi connectivity index (χ3n) is 2.40. The van der Waals surface area contributed by atoms with Crippen LogP contribution in [0.25, 0.3) is 0 Å². The highest BCUT2D eigenvalue weighted by atomic mass is 16.4. The second-order valence-electron chi connectivity index (χ2n) is 4.28. The minimum absolute atomic E-state index is 0.220. The van der Waals surface area contributed by atoms with Gasteiger partial charge in [0.05, 0.1) is 6.54 Å². The number of rotatable bonds is 6. The average Bonchev–Trinajstić information content (AvgIpc) is 2.78. The lowest BCUT2D eigenvalue weighted by atomic mass is 10.1. The number of carboxylic acids is 1. The molecule has 1 aliphatic carbocycles. The van der Waals surface area contributed by atoms with Crippen molar-refractivity contribution in [3.63, 3.8) is 0 Å². The molecule has 0 atom stereocenters. The second kappa shape index (κ2) is 4.61. The molecule has 0 spiro atoms. The van der Waals surface area contributed by atoms with E-state index in [9.17, 15) is 4.79 Å². The van der Waals surface area contributed by atoms with Gasteiger partial charge in [-0.15, -0.1) is 0 Å². The second-order valence-corrected chi connectivity index (χ2v) is 4.28. The molecule has 76 valence electrons. The van der Waals surface area contributed by atoms with Gasteiger partial charge in [0.2, 0.25) is 0 Å². The van der Waals surface area contributed by atoms with Gasteiger partial charge in [-0.2, -0.15) is 0 Å². The first kappa shape index (κ1) is 10.5. The molecule has 13 heavy (non-hydrogen) atoms. The van der Waals surface area contributed by atoms with Crippen LogP contribution in [0.1, 0.15) is 33.1 Å². The van der Waals surface area contributed by atoms with E-state index in [0.717, 1.165) is 13.0 Å². The zero-order chi connectivity index (χ0) is 9.84. The summed E-state index contributed by atoms with van der Waals surface area (Å²) in [7, 11) is 0. The smallest absolute Gasteiger partial charge is 0.317 e. The molecule has 0 radical (unpaired) electrons. The maximum Gasteiger partial charge on any atom is 0.317 e. The molecule has 0 saturated heterocycles. The summed E-state index contributed by atoms with van der Waals surface area (Å²) in [5, 5.41) is 8.68. The molecular formula is C10H19NO2. The van der Waals surface area contributed by atoms with Crippen LogP contribution in [-0.2, 0) is 4.79 Å². The molecule has 0 aromatic carbocycles. The van der Waals surface area contributed by atoms with E-state index in [2.05, 4.69) is 18.7 Å². The van der Waals surface area contributed by atoms with E-state index >= 15 is 0 Å². The first-order chi connectivity index (χ1) is 6.09. The molecule has 1 saturated carbocycles. The van der Waals surface area contributed by atoms with E-state index in [-0.39, 0.29) is 6.54 Å². The van der Waals surface area contributed by atoms with E-state index in [1.54, 1.807) is 0 Å². The van der Waals surface area contributed by atoms with Crippen molar-refractivity contribution in [1.82, 2.24) is 4.90 Å².